The van der Waals surface area contributed by atoms with E-state index in [2.05, 4.69) is 36.5 Å². The zero-order chi connectivity index (χ0) is 16.8. The summed E-state index contributed by atoms with van der Waals surface area (Å²) in [6.07, 6.45) is 0.883. The van der Waals surface area contributed by atoms with Crippen LogP contribution in [0.25, 0.3) is 0 Å². The second-order valence-electron chi connectivity index (χ2n) is 5.18. The minimum Gasteiger partial charge on any atom is -0.354 e. The molecule has 23 heavy (non-hydrogen) atoms. The van der Waals surface area contributed by atoms with Crippen molar-refractivity contribution < 1.29 is 9.18 Å². The Morgan fingerprint density at radius 3 is 2.57 bits per heavy atom. The Labute approximate surface area is 142 Å². The first-order valence-electron chi connectivity index (χ1n) is 7.25. The zero-order valence-electron chi connectivity index (χ0n) is 13.0. The largest absolute Gasteiger partial charge is 0.354 e. The average Bonchev–Trinajstić information content (AvgIpc) is 2.46. The van der Waals surface area contributed by atoms with Gasteiger partial charge in [-0.1, -0.05) is 15.9 Å². The monoisotopic (exact) mass is 380 g/mol. The van der Waals surface area contributed by atoms with Crippen LogP contribution in [-0.2, 0) is 4.79 Å². The Balaban J connectivity index is 1.76. The lowest BCUT2D eigenvalue weighted by molar-refractivity contribution is -0.116. The third kappa shape index (κ3) is 5.59. The molecule has 1 heterocycles. The molecule has 1 aromatic heterocycles. The number of carbonyl (C=O) groups is 1. The Bertz CT molecular complexity index is 688. The lowest BCUT2D eigenvalue weighted by atomic mass is 10.2. The van der Waals surface area contributed by atoms with E-state index in [1.807, 2.05) is 19.9 Å². The molecule has 0 aliphatic heterocycles. The first-order chi connectivity index (χ1) is 10.9. The van der Waals surface area contributed by atoms with Crippen molar-refractivity contribution in [1.29, 1.82) is 0 Å². The molecule has 7 heteroatoms. The molecule has 0 spiro atoms. The molecule has 0 saturated carbocycles. The van der Waals surface area contributed by atoms with Crippen LogP contribution in [0.15, 0.2) is 28.7 Å². The molecule has 1 amide bonds. The van der Waals surface area contributed by atoms with Gasteiger partial charge in [-0.05, 0) is 44.5 Å². The first kappa shape index (κ1) is 17.3. The normalized spacial score (nSPS) is 10.4. The third-order valence-electron chi connectivity index (χ3n) is 3.05. The van der Waals surface area contributed by atoms with Gasteiger partial charge in [0.25, 0.3) is 0 Å². The van der Waals surface area contributed by atoms with E-state index in [1.165, 1.54) is 12.1 Å². The number of aromatic nitrogens is 2. The lowest BCUT2D eigenvalue weighted by Gasteiger charge is -2.08. The summed E-state index contributed by atoms with van der Waals surface area (Å²) in [5.41, 5.74) is 1.97. The minimum atomic E-state index is -0.463. The van der Waals surface area contributed by atoms with E-state index in [1.54, 1.807) is 6.07 Å². The summed E-state index contributed by atoms with van der Waals surface area (Å²) in [7, 11) is 0. The molecule has 0 radical (unpaired) electrons. The van der Waals surface area contributed by atoms with Gasteiger partial charge in [0.2, 0.25) is 11.9 Å². The van der Waals surface area contributed by atoms with Crippen molar-refractivity contribution in [2.75, 3.05) is 17.2 Å². The molecule has 0 fully saturated rings. The van der Waals surface area contributed by atoms with Crippen LogP contribution in [0.1, 0.15) is 24.2 Å². The zero-order valence-corrected chi connectivity index (χ0v) is 14.6. The molecule has 0 saturated heterocycles. The smallest absolute Gasteiger partial charge is 0.224 e. The molecule has 0 atom stereocenters. The average molecular weight is 381 g/mol. The number of benzene rings is 1. The highest BCUT2D eigenvalue weighted by atomic mass is 79.9. The number of nitrogens with one attached hydrogen (secondary N) is 2. The number of rotatable bonds is 6. The maximum atomic E-state index is 13.6. The fourth-order valence-electron chi connectivity index (χ4n) is 2.06. The van der Waals surface area contributed by atoms with Gasteiger partial charge >= 0.3 is 0 Å². The molecule has 1 aromatic carbocycles. The van der Waals surface area contributed by atoms with Crippen molar-refractivity contribution in [2.45, 2.75) is 26.7 Å². The van der Waals surface area contributed by atoms with Crippen LogP contribution < -0.4 is 10.6 Å². The van der Waals surface area contributed by atoms with Gasteiger partial charge in [0.1, 0.15) is 5.82 Å². The molecule has 2 N–H and O–H groups in total. The maximum Gasteiger partial charge on any atom is 0.224 e. The minimum absolute atomic E-state index is 0.184. The second-order valence-corrected chi connectivity index (χ2v) is 6.09. The van der Waals surface area contributed by atoms with Gasteiger partial charge in [0.05, 0.1) is 5.69 Å². The molecule has 0 aliphatic carbocycles. The summed E-state index contributed by atoms with van der Waals surface area (Å²) in [4.78, 5) is 20.3. The molecular formula is C16H18BrFN4O. The van der Waals surface area contributed by atoms with Crippen LogP contribution in [0.2, 0.25) is 0 Å². The Morgan fingerprint density at radius 2 is 1.91 bits per heavy atom. The van der Waals surface area contributed by atoms with E-state index in [-0.39, 0.29) is 18.0 Å². The number of nitrogens with zero attached hydrogens (tertiary/aromatic N) is 2. The van der Waals surface area contributed by atoms with Crippen molar-refractivity contribution in [2.24, 2.45) is 0 Å². The molecule has 0 aliphatic rings. The van der Waals surface area contributed by atoms with Gasteiger partial charge < -0.3 is 10.6 Å². The number of hydrogen-bond donors (Lipinski definition) is 2. The lowest BCUT2D eigenvalue weighted by Crippen LogP contribution is -2.15. The van der Waals surface area contributed by atoms with Gasteiger partial charge in [0.15, 0.2) is 0 Å². The van der Waals surface area contributed by atoms with Crippen LogP contribution in [-0.4, -0.2) is 22.4 Å². The highest BCUT2D eigenvalue weighted by Crippen LogP contribution is 2.19. The summed E-state index contributed by atoms with van der Waals surface area (Å²) in [5.74, 6) is -0.134. The van der Waals surface area contributed by atoms with E-state index in [0.717, 1.165) is 11.4 Å². The predicted molar refractivity (Wildman–Crippen MR) is 92.0 cm³/mol. The summed E-state index contributed by atoms with van der Waals surface area (Å²) in [6.45, 7) is 4.37. The van der Waals surface area contributed by atoms with Crippen LogP contribution in [0.4, 0.5) is 16.0 Å². The van der Waals surface area contributed by atoms with E-state index in [4.69, 9.17) is 0 Å². The molecule has 0 bridgehead atoms. The van der Waals surface area contributed by atoms with Gasteiger partial charge in [-0.3, -0.25) is 4.79 Å². The fraction of sp³-hybridized carbons (Fsp3) is 0.312. The quantitative estimate of drug-likeness (QED) is 0.747. The van der Waals surface area contributed by atoms with E-state index in [0.29, 0.717) is 23.4 Å². The topological polar surface area (TPSA) is 66.9 Å². The van der Waals surface area contributed by atoms with Gasteiger partial charge in [0, 0.05) is 28.8 Å². The number of anilines is 2. The second kappa shape index (κ2) is 8.01. The highest BCUT2D eigenvalue weighted by Gasteiger charge is 2.07. The Kier molecular flexibility index (Phi) is 6.04. The van der Waals surface area contributed by atoms with Crippen LogP contribution >= 0.6 is 15.9 Å². The number of halogens is 2. The van der Waals surface area contributed by atoms with Crippen LogP contribution in [0.5, 0.6) is 0 Å². The molecule has 2 aromatic rings. The van der Waals surface area contributed by atoms with Crippen molar-refractivity contribution >= 4 is 33.5 Å². The predicted octanol–water partition coefficient (Wildman–Crippen LogP) is 3.83. The third-order valence-corrected chi connectivity index (χ3v) is 3.54. The van der Waals surface area contributed by atoms with Crippen molar-refractivity contribution in [3.8, 4) is 0 Å². The van der Waals surface area contributed by atoms with Crippen LogP contribution in [0.3, 0.4) is 0 Å². The van der Waals surface area contributed by atoms with Gasteiger partial charge in [-0.25, -0.2) is 14.4 Å². The summed E-state index contributed by atoms with van der Waals surface area (Å²) in [5, 5.41) is 5.64. The SMILES string of the molecule is Cc1cc(C)nc(NCCCC(=O)Nc2ccc(Br)cc2F)n1. The van der Waals surface area contributed by atoms with E-state index < -0.39 is 5.82 Å². The van der Waals surface area contributed by atoms with Crippen molar-refractivity contribution in [3.05, 3.63) is 45.9 Å². The van der Waals surface area contributed by atoms with E-state index in [9.17, 15) is 9.18 Å². The van der Waals surface area contributed by atoms with Gasteiger partial charge in [-0.2, -0.15) is 0 Å². The number of hydrogen-bond acceptors (Lipinski definition) is 4. The number of carbonyl (C=O) groups excluding carboxylic acids is 1. The molecule has 0 unspecified atom stereocenters. The number of aryl methyl sites for hydroxylation is 2. The molecule has 2 rings (SSSR count). The maximum absolute atomic E-state index is 13.6. The summed E-state index contributed by atoms with van der Waals surface area (Å²) in [6, 6.07) is 6.41. The number of amides is 1. The van der Waals surface area contributed by atoms with Crippen LogP contribution in [0, 0.1) is 19.7 Å². The van der Waals surface area contributed by atoms with Crippen molar-refractivity contribution in [1.82, 2.24) is 9.97 Å². The van der Waals surface area contributed by atoms with Gasteiger partial charge in [-0.15, -0.1) is 0 Å². The molecule has 5 nitrogen and oxygen atoms in total. The van der Waals surface area contributed by atoms with E-state index >= 15 is 0 Å². The standard InChI is InChI=1S/C16H18BrFN4O/c1-10-8-11(2)21-16(20-10)19-7-3-4-15(23)22-14-6-5-12(17)9-13(14)18/h5-6,8-9H,3-4,7H2,1-2H3,(H,22,23)(H,19,20,21). The Hall–Kier alpha value is -2.02. The Morgan fingerprint density at radius 1 is 1.22 bits per heavy atom. The summed E-state index contributed by atoms with van der Waals surface area (Å²) < 4.78 is 14.3. The van der Waals surface area contributed by atoms with Crippen molar-refractivity contribution in [3.63, 3.8) is 0 Å². The summed E-state index contributed by atoms with van der Waals surface area (Å²) >= 11 is 3.17. The molecular weight excluding hydrogens is 363 g/mol. The fourth-order valence-corrected chi connectivity index (χ4v) is 2.39. The highest BCUT2D eigenvalue weighted by molar-refractivity contribution is 9.10. The molecule has 122 valence electrons. The first-order valence-corrected chi connectivity index (χ1v) is 8.04.